The van der Waals surface area contributed by atoms with Crippen molar-refractivity contribution in [2.75, 3.05) is 6.79 Å². The molecule has 2 heterocycles. The summed E-state index contributed by atoms with van der Waals surface area (Å²) in [6.07, 6.45) is 0. The number of carbonyl (C=O) groups excluding carboxylic acids is 1. The van der Waals surface area contributed by atoms with Crippen molar-refractivity contribution in [3.8, 4) is 23.0 Å². The highest BCUT2D eigenvalue weighted by atomic mass is 32.2. The van der Waals surface area contributed by atoms with Gasteiger partial charge in [-0.15, -0.1) is 0 Å². The number of oxazole rings is 1. The van der Waals surface area contributed by atoms with Crippen LogP contribution in [0.15, 0.2) is 76.0 Å². The predicted octanol–water partition coefficient (Wildman–Crippen LogP) is 4.92. The van der Waals surface area contributed by atoms with E-state index >= 15 is 0 Å². The Morgan fingerprint density at radius 1 is 0.971 bits per heavy atom. The number of amides is 1. The van der Waals surface area contributed by atoms with E-state index in [1.807, 2.05) is 56.3 Å². The first-order valence-corrected chi connectivity index (χ1v) is 12.5. The Balaban J connectivity index is 1.22. The fourth-order valence-corrected chi connectivity index (χ4v) is 4.80. The van der Waals surface area contributed by atoms with Crippen molar-refractivity contribution in [1.82, 2.24) is 10.3 Å². The molecule has 1 aromatic heterocycles. The minimum absolute atomic E-state index is 0.188. The highest BCUT2D eigenvalue weighted by Gasteiger charge is 2.16. The second kappa shape index (κ2) is 9.76. The number of benzene rings is 3. The van der Waals surface area contributed by atoms with Gasteiger partial charge in [-0.2, -0.15) is 0 Å². The summed E-state index contributed by atoms with van der Waals surface area (Å²) < 4.78 is 29.3. The molecule has 1 aliphatic heterocycles. The average Bonchev–Trinajstić information content (AvgIpc) is 3.49. The van der Waals surface area contributed by atoms with Gasteiger partial charge in [0.1, 0.15) is 5.76 Å². The lowest BCUT2D eigenvalue weighted by atomic mass is 10.1. The van der Waals surface area contributed by atoms with Crippen LogP contribution in [-0.2, 0) is 23.1 Å². The molecule has 5 rings (SSSR count). The molecule has 8 heteroatoms. The monoisotopic (exact) mass is 488 g/mol. The number of rotatable bonds is 7. The molecule has 0 bridgehead atoms. The van der Waals surface area contributed by atoms with Gasteiger partial charge >= 0.3 is 0 Å². The second-order valence-corrected chi connectivity index (χ2v) is 9.72. The van der Waals surface area contributed by atoms with E-state index in [1.54, 1.807) is 24.3 Å². The standard InChI is InChI=1S/C27H24N2O5S/c1-17-3-10-22(11-4-17)35(31)15-23-18(2)34-27(29-23)21-8-6-20(7-9-21)26(30)28-14-19-5-12-24-25(13-19)33-16-32-24/h3-13H,14-16H2,1-2H3,(H,28,30). The molecule has 1 atom stereocenters. The van der Waals surface area contributed by atoms with Crippen molar-refractivity contribution in [2.24, 2.45) is 0 Å². The Labute approximate surface area is 205 Å². The number of nitrogens with one attached hydrogen (secondary N) is 1. The second-order valence-electron chi connectivity index (χ2n) is 8.27. The van der Waals surface area contributed by atoms with Gasteiger partial charge in [0.2, 0.25) is 12.7 Å². The third-order valence-electron chi connectivity index (χ3n) is 5.73. The van der Waals surface area contributed by atoms with Crippen LogP contribution in [0.2, 0.25) is 0 Å². The molecular formula is C27H24N2O5S. The average molecular weight is 489 g/mol. The van der Waals surface area contributed by atoms with Gasteiger partial charge in [0.15, 0.2) is 11.5 Å². The normalized spacial score (nSPS) is 13.0. The summed E-state index contributed by atoms with van der Waals surface area (Å²) in [5, 5.41) is 2.91. The summed E-state index contributed by atoms with van der Waals surface area (Å²) in [5.74, 6) is 2.55. The zero-order valence-corrected chi connectivity index (χ0v) is 20.2. The van der Waals surface area contributed by atoms with Crippen LogP contribution >= 0.6 is 0 Å². The lowest BCUT2D eigenvalue weighted by molar-refractivity contribution is 0.0951. The van der Waals surface area contributed by atoms with Crippen LogP contribution in [0.3, 0.4) is 0 Å². The van der Waals surface area contributed by atoms with Crippen LogP contribution in [0.5, 0.6) is 11.5 Å². The number of carbonyl (C=O) groups is 1. The molecule has 1 N–H and O–H groups in total. The van der Waals surface area contributed by atoms with E-state index in [0.29, 0.717) is 41.0 Å². The van der Waals surface area contributed by atoms with Crippen LogP contribution < -0.4 is 14.8 Å². The molecule has 0 radical (unpaired) electrons. The third kappa shape index (κ3) is 5.12. The molecule has 1 unspecified atom stereocenters. The maximum absolute atomic E-state index is 12.7. The molecule has 1 amide bonds. The zero-order valence-electron chi connectivity index (χ0n) is 19.4. The number of hydrogen-bond acceptors (Lipinski definition) is 6. The summed E-state index contributed by atoms with van der Waals surface area (Å²) in [6, 6.07) is 20.3. The van der Waals surface area contributed by atoms with Gasteiger partial charge in [-0.25, -0.2) is 4.98 Å². The van der Waals surface area contributed by atoms with E-state index in [0.717, 1.165) is 21.6 Å². The molecule has 0 spiro atoms. The molecule has 0 saturated carbocycles. The first-order valence-electron chi connectivity index (χ1n) is 11.1. The minimum atomic E-state index is -1.21. The van der Waals surface area contributed by atoms with E-state index in [-0.39, 0.29) is 18.5 Å². The van der Waals surface area contributed by atoms with E-state index in [2.05, 4.69) is 10.3 Å². The van der Waals surface area contributed by atoms with Crippen molar-refractivity contribution in [3.05, 3.63) is 94.9 Å². The van der Waals surface area contributed by atoms with Crippen LogP contribution in [0.1, 0.15) is 32.9 Å². The largest absolute Gasteiger partial charge is 0.454 e. The van der Waals surface area contributed by atoms with Gasteiger partial charge in [-0.1, -0.05) is 23.8 Å². The summed E-state index contributed by atoms with van der Waals surface area (Å²) in [7, 11) is -1.21. The maximum atomic E-state index is 12.7. The summed E-state index contributed by atoms with van der Waals surface area (Å²) in [6.45, 7) is 4.40. The molecule has 0 aliphatic carbocycles. The molecular weight excluding hydrogens is 464 g/mol. The number of hydrogen-bond donors (Lipinski definition) is 1. The first-order chi connectivity index (χ1) is 17.0. The Kier molecular flexibility index (Phi) is 6.37. The molecule has 0 fully saturated rings. The fraction of sp³-hybridized carbons (Fsp3) is 0.185. The van der Waals surface area contributed by atoms with Crippen molar-refractivity contribution < 1.29 is 22.9 Å². The van der Waals surface area contributed by atoms with Crippen molar-refractivity contribution in [1.29, 1.82) is 0 Å². The lowest BCUT2D eigenvalue weighted by Gasteiger charge is -2.07. The SMILES string of the molecule is Cc1ccc(S(=O)Cc2nc(-c3ccc(C(=O)NCc4ccc5c(c4)OCO5)cc3)oc2C)cc1. The van der Waals surface area contributed by atoms with E-state index in [1.165, 1.54) is 0 Å². The Morgan fingerprint density at radius 2 is 1.71 bits per heavy atom. The van der Waals surface area contributed by atoms with Gasteiger partial charge in [-0.3, -0.25) is 9.00 Å². The molecule has 3 aromatic carbocycles. The highest BCUT2D eigenvalue weighted by Crippen LogP contribution is 2.32. The summed E-state index contributed by atoms with van der Waals surface area (Å²) in [4.78, 5) is 17.9. The molecule has 35 heavy (non-hydrogen) atoms. The van der Waals surface area contributed by atoms with Crippen molar-refractivity contribution in [2.45, 2.75) is 31.0 Å². The predicted molar refractivity (Wildman–Crippen MR) is 132 cm³/mol. The summed E-state index contributed by atoms with van der Waals surface area (Å²) >= 11 is 0. The number of aromatic nitrogens is 1. The van der Waals surface area contributed by atoms with E-state index < -0.39 is 10.8 Å². The first kappa shape index (κ1) is 22.9. The molecule has 0 saturated heterocycles. The smallest absolute Gasteiger partial charge is 0.251 e. The van der Waals surface area contributed by atoms with Crippen LogP contribution in [0.4, 0.5) is 0 Å². The van der Waals surface area contributed by atoms with E-state index in [4.69, 9.17) is 13.9 Å². The number of fused-ring (bicyclic) bond motifs is 1. The molecule has 7 nitrogen and oxygen atoms in total. The molecule has 178 valence electrons. The number of ether oxygens (including phenoxy) is 2. The topological polar surface area (TPSA) is 90.7 Å². The molecule has 4 aromatic rings. The third-order valence-corrected chi connectivity index (χ3v) is 7.06. The van der Waals surface area contributed by atoms with Gasteiger partial charge in [0.25, 0.3) is 5.91 Å². The Morgan fingerprint density at radius 3 is 2.49 bits per heavy atom. The Bertz CT molecular complexity index is 1390. The molecule has 1 aliphatic rings. The number of aryl methyl sites for hydroxylation is 2. The van der Waals surface area contributed by atoms with Crippen molar-refractivity contribution in [3.63, 3.8) is 0 Å². The van der Waals surface area contributed by atoms with Crippen LogP contribution in [0, 0.1) is 13.8 Å². The van der Waals surface area contributed by atoms with Gasteiger partial charge in [0, 0.05) is 22.6 Å². The van der Waals surface area contributed by atoms with Crippen molar-refractivity contribution >= 4 is 16.7 Å². The summed E-state index contributed by atoms with van der Waals surface area (Å²) in [5.41, 5.74) is 3.97. The van der Waals surface area contributed by atoms with Gasteiger partial charge < -0.3 is 19.2 Å². The highest BCUT2D eigenvalue weighted by molar-refractivity contribution is 7.84. The minimum Gasteiger partial charge on any atom is -0.454 e. The lowest BCUT2D eigenvalue weighted by Crippen LogP contribution is -2.22. The zero-order chi connectivity index (χ0) is 24.4. The maximum Gasteiger partial charge on any atom is 0.251 e. The van der Waals surface area contributed by atoms with Gasteiger partial charge in [-0.05, 0) is 67.9 Å². The van der Waals surface area contributed by atoms with Crippen LogP contribution in [0.25, 0.3) is 11.5 Å². The quantitative estimate of drug-likeness (QED) is 0.397. The van der Waals surface area contributed by atoms with Crippen LogP contribution in [-0.4, -0.2) is 21.9 Å². The number of nitrogens with zero attached hydrogens (tertiary/aromatic N) is 1. The van der Waals surface area contributed by atoms with Gasteiger partial charge in [0.05, 0.1) is 22.2 Å². The van der Waals surface area contributed by atoms with E-state index in [9.17, 15) is 9.00 Å². The Hall–Kier alpha value is -3.91. The fourth-order valence-electron chi connectivity index (χ4n) is 3.68.